The van der Waals surface area contributed by atoms with E-state index >= 15 is 0 Å². The van der Waals surface area contributed by atoms with Crippen LogP contribution in [0.2, 0.25) is 0 Å². The Balaban J connectivity index is 2.14. The van der Waals surface area contributed by atoms with Crippen LogP contribution in [-0.4, -0.2) is 14.7 Å². The van der Waals surface area contributed by atoms with Gasteiger partial charge in [-0.25, -0.2) is 0 Å². The topological polar surface area (TPSA) is 74.1 Å². The van der Waals surface area contributed by atoms with Crippen molar-refractivity contribution in [1.29, 1.82) is 0 Å². The molecule has 2 aromatic rings. The molecule has 2 heterocycles. The van der Waals surface area contributed by atoms with Crippen LogP contribution in [0.25, 0.3) is 0 Å². The molecule has 0 aliphatic carbocycles. The van der Waals surface area contributed by atoms with E-state index in [0.29, 0.717) is 12.3 Å². The molecular formula is C8H6BrN3O3. The molecule has 0 fully saturated rings. The summed E-state index contributed by atoms with van der Waals surface area (Å²) >= 11 is 3.25. The average molecular weight is 272 g/mol. The Morgan fingerprint density at radius 2 is 2.40 bits per heavy atom. The molecule has 0 radical (unpaired) electrons. The lowest BCUT2D eigenvalue weighted by atomic mass is 10.4. The van der Waals surface area contributed by atoms with Gasteiger partial charge in [0.25, 0.3) is 0 Å². The van der Waals surface area contributed by atoms with Crippen LogP contribution in [0, 0.1) is 10.1 Å². The summed E-state index contributed by atoms with van der Waals surface area (Å²) in [7, 11) is 0. The van der Waals surface area contributed by atoms with Gasteiger partial charge in [0, 0.05) is 6.20 Å². The summed E-state index contributed by atoms with van der Waals surface area (Å²) in [5.74, 6) is 0.244. The van der Waals surface area contributed by atoms with Gasteiger partial charge in [0.2, 0.25) is 0 Å². The first kappa shape index (κ1) is 9.91. The number of nitro groups is 1. The highest BCUT2D eigenvalue weighted by atomic mass is 79.9. The second-order valence-electron chi connectivity index (χ2n) is 2.85. The first-order chi connectivity index (χ1) is 7.15. The zero-order valence-electron chi connectivity index (χ0n) is 7.46. The smallest absolute Gasteiger partial charge is 0.404 e. The van der Waals surface area contributed by atoms with Crippen molar-refractivity contribution in [2.45, 2.75) is 6.54 Å². The fourth-order valence-electron chi connectivity index (χ4n) is 1.13. The quantitative estimate of drug-likeness (QED) is 0.634. The normalized spacial score (nSPS) is 10.5. The lowest BCUT2D eigenvalue weighted by molar-refractivity contribution is -0.402. The number of aromatic nitrogens is 2. The minimum absolute atomic E-state index is 0.253. The standard InChI is InChI=1S/C8H6BrN3O3/c9-6-3-10-11(4-6)5-7-1-2-8(15-7)12(13)14/h1-4H,5H2. The van der Waals surface area contributed by atoms with E-state index in [1.807, 2.05) is 0 Å². The number of rotatable bonds is 3. The summed E-state index contributed by atoms with van der Waals surface area (Å²) in [6.07, 6.45) is 3.39. The van der Waals surface area contributed by atoms with Crippen LogP contribution in [0.4, 0.5) is 5.88 Å². The third-order valence-corrected chi connectivity index (χ3v) is 2.16. The SMILES string of the molecule is O=[N+]([O-])c1ccc(Cn2cc(Br)cn2)o1. The average Bonchev–Trinajstić information content (AvgIpc) is 2.76. The van der Waals surface area contributed by atoms with E-state index in [0.717, 1.165) is 4.47 Å². The molecule has 15 heavy (non-hydrogen) atoms. The molecule has 0 saturated carbocycles. The van der Waals surface area contributed by atoms with E-state index in [9.17, 15) is 10.1 Å². The molecule has 0 amide bonds. The molecule has 0 aliphatic rings. The van der Waals surface area contributed by atoms with E-state index in [4.69, 9.17) is 4.42 Å². The van der Waals surface area contributed by atoms with E-state index in [2.05, 4.69) is 21.0 Å². The third-order valence-electron chi connectivity index (χ3n) is 1.75. The minimum atomic E-state index is -0.567. The fourth-order valence-corrected chi connectivity index (χ4v) is 1.46. The van der Waals surface area contributed by atoms with E-state index < -0.39 is 4.92 Å². The number of nitrogens with zero attached hydrogens (tertiary/aromatic N) is 3. The molecular weight excluding hydrogens is 266 g/mol. The van der Waals surface area contributed by atoms with Gasteiger partial charge in [-0.3, -0.25) is 14.8 Å². The van der Waals surface area contributed by atoms with Crippen molar-refractivity contribution in [3.8, 4) is 0 Å². The van der Waals surface area contributed by atoms with Gasteiger partial charge in [0.05, 0.1) is 23.3 Å². The molecule has 2 rings (SSSR count). The molecule has 0 N–H and O–H groups in total. The molecule has 0 bridgehead atoms. The van der Waals surface area contributed by atoms with Crippen molar-refractivity contribution in [3.63, 3.8) is 0 Å². The lowest BCUT2D eigenvalue weighted by Crippen LogP contribution is -1.98. The Bertz CT molecular complexity index is 491. The number of furan rings is 1. The molecule has 0 aliphatic heterocycles. The summed E-state index contributed by atoms with van der Waals surface area (Å²) in [6, 6.07) is 2.89. The second-order valence-corrected chi connectivity index (χ2v) is 3.77. The molecule has 6 nitrogen and oxygen atoms in total. The Hall–Kier alpha value is -1.63. The summed E-state index contributed by atoms with van der Waals surface area (Å²) in [4.78, 5) is 9.79. The summed E-state index contributed by atoms with van der Waals surface area (Å²) < 4.78 is 7.45. The molecule has 0 aromatic carbocycles. The highest BCUT2D eigenvalue weighted by Gasteiger charge is 2.11. The van der Waals surface area contributed by atoms with E-state index in [1.165, 1.54) is 6.07 Å². The summed E-state index contributed by atoms with van der Waals surface area (Å²) in [5.41, 5.74) is 0. The number of hydrogen-bond acceptors (Lipinski definition) is 4. The highest BCUT2D eigenvalue weighted by Crippen LogP contribution is 2.17. The third kappa shape index (κ3) is 2.24. The van der Waals surface area contributed by atoms with Crippen LogP contribution in [0.5, 0.6) is 0 Å². The van der Waals surface area contributed by atoms with Gasteiger partial charge in [-0.05, 0) is 22.0 Å². The Morgan fingerprint density at radius 3 is 2.93 bits per heavy atom. The van der Waals surface area contributed by atoms with Crippen LogP contribution >= 0.6 is 15.9 Å². The first-order valence-corrected chi connectivity index (χ1v) is 4.85. The molecule has 0 atom stereocenters. The van der Waals surface area contributed by atoms with Crippen molar-refractivity contribution in [2.24, 2.45) is 0 Å². The first-order valence-electron chi connectivity index (χ1n) is 4.06. The maximum absolute atomic E-state index is 10.4. The minimum Gasteiger partial charge on any atom is -0.404 e. The van der Waals surface area contributed by atoms with E-state index in [-0.39, 0.29) is 5.88 Å². The predicted molar refractivity (Wildman–Crippen MR) is 54.4 cm³/mol. The maximum atomic E-state index is 10.4. The van der Waals surface area contributed by atoms with Gasteiger partial charge in [-0.2, -0.15) is 5.10 Å². The van der Waals surface area contributed by atoms with Crippen LogP contribution in [0.3, 0.4) is 0 Å². The molecule has 0 saturated heterocycles. The Labute approximate surface area is 92.8 Å². The largest absolute Gasteiger partial charge is 0.433 e. The van der Waals surface area contributed by atoms with Gasteiger partial charge in [-0.15, -0.1) is 0 Å². The number of hydrogen-bond donors (Lipinski definition) is 0. The van der Waals surface area contributed by atoms with Crippen LogP contribution in [0.15, 0.2) is 33.4 Å². The lowest BCUT2D eigenvalue weighted by Gasteiger charge is -1.95. The van der Waals surface area contributed by atoms with Crippen molar-refractivity contribution in [2.75, 3.05) is 0 Å². The summed E-state index contributed by atoms with van der Waals surface area (Å²) in [5, 5.41) is 14.4. The monoisotopic (exact) mass is 271 g/mol. The van der Waals surface area contributed by atoms with Crippen LogP contribution in [-0.2, 0) is 6.54 Å². The molecule has 78 valence electrons. The Morgan fingerprint density at radius 1 is 1.60 bits per heavy atom. The molecule has 0 unspecified atom stereocenters. The predicted octanol–water partition coefficient (Wildman–Crippen LogP) is 2.20. The zero-order chi connectivity index (χ0) is 10.8. The van der Waals surface area contributed by atoms with E-state index in [1.54, 1.807) is 23.1 Å². The van der Waals surface area contributed by atoms with Crippen molar-refractivity contribution in [1.82, 2.24) is 9.78 Å². The van der Waals surface area contributed by atoms with Crippen molar-refractivity contribution in [3.05, 3.63) is 44.9 Å². The van der Waals surface area contributed by atoms with Gasteiger partial charge in [0.1, 0.15) is 10.7 Å². The van der Waals surface area contributed by atoms with Crippen molar-refractivity contribution < 1.29 is 9.34 Å². The van der Waals surface area contributed by atoms with Crippen LogP contribution < -0.4 is 0 Å². The van der Waals surface area contributed by atoms with Gasteiger partial charge in [0.15, 0.2) is 0 Å². The Kier molecular flexibility index (Phi) is 2.55. The van der Waals surface area contributed by atoms with Gasteiger partial charge < -0.3 is 4.42 Å². The molecule has 7 heteroatoms. The zero-order valence-corrected chi connectivity index (χ0v) is 9.05. The molecule has 2 aromatic heterocycles. The molecule has 0 spiro atoms. The summed E-state index contributed by atoms with van der Waals surface area (Å²) in [6.45, 7) is 0.374. The second kappa shape index (κ2) is 3.85. The van der Waals surface area contributed by atoms with Crippen molar-refractivity contribution >= 4 is 21.8 Å². The van der Waals surface area contributed by atoms with Crippen LogP contribution in [0.1, 0.15) is 5.76 Å². The van der Waals surface area contributed by atoms with Gasteiger partial charge in [-0.1, -0.05) is 0 Å². The number of halogens is 1. The maximum Gasteiger partial charge on any atom is 0.433 e. The van der Waals surface area contributed by atoms with Gasteiger partial charge >= 0.3 is 5.88 Å². The fraction of sp³-hybridized carbons (Fsp3) is 0.125. The highest BCUT2D eigenvalue weighted by molar-refractivity contribution is 9.10.